The minimum absolute atomic E-state index is 0.115. The lowest BCUT2D eigenvalue weighted by molar-refractivity contribution is -0.121. The second-order valence-electron chi connectivity index (χ2n) is 8.27. The van der Waals surface area contributed by atoms with Crippen molar-refractivity contribution in [2.24, 2.45) is 7.05 Å². The number of hydrogen-bond donors (Lipinski definition) is 1. The highest BCUT2D eigenvalue weighted by atomic mass is 16.1. The first-order chi connectivity index (χ1) is 15.1. The summed E-state index contributed by atoms with van der Waals surface area (Å²) in [6.07, 6.45) is 7.10. The number of rotatable bonds is 5. The fraction of sp³-hybridized carbons (Fsp3) is 0.333. The predicted octanol–water partition coefficient (Wildman–Crippen LogP) is 4.12. The first-order valence-electron chi connectivity index (χ1n) is 10.8. The average molecular weight is 415 g/mol. The highest BCUT2D eigenvalue weighted by Gasteiger charge is 2.29. The summed E-state index contributed by atoms with van der Waals surface area (Å²) in [5, 5.41) is 17.1. The molecule has 1 saturated carbocycles. The van der Waals surface area contributed by atoms with Gasteiger partial charge in [-0.05, 0) is 36.5 Å². The maximum absolute atomic E-state index is 11.7. The number of fused-ring (bicyclic) bond motifs is 1. The predicted molar refractivity (Wildman–Crippen MR) is 120 cm³/mol. The number of nitrogens with zero attached hydrogens (tertiary/aromatic N) is 5. The Morgan fingerprint density at radius 3 is 2.65 bits per heavy atom. The van der Waals surface area contributed by atoms with E-state index in [-0.39, 0.29) is 18.0 Å². The maximum atomic E-state index is 11.7. The Bertz CT molecular complexity index is 1220. The molecule has 31 heavy (non-hydrogen) atoms. The molecule has 0 radical (unpaired) electrons. The van der Waals surface area contributed by atoms with Crippen molar-refractivity contribution >= 4 is 16.8 Å². The second kappa shape index (κ2) is 7.98. The van der Waals surface area contributed by atoms with Gasteiger partial charge in [-0.25, -0.2) is 4.68 Å². The Hall–Kier alpha value is -3.48. The number of aryl methyl sites for hydroxylation is 1. The molecule has 2 heterocycles. The molecule has 0 saturated heterocycles. The number of carbonyl (C=O) groups is 1. The number of amides is 1. The molecule has 2 aromatic carbocycles. The minimum Gasteiger partial charge on any atom is -0.353 e. The second-order valence-corrected chi connectivity index (χ2v) is 8.27. The first kappa shape index (κ1) is 19.5. The van der Waals surface area contributed by atoms with E-state index in [0.717, 1.165) is 47.0 Å². The van der Waals surface area contributed by atoms with Gasteiger partial charge in [0.2, 0.25) is 5.91 Å². The molecular formula is C24H26N6O. The van der Waals surface area contributed by atoms with E-state index in [1.54, 1.807) is 0 Å². The number of aromatic nitrogens is 5. The van der Waals surface area contributed by atoms with Gasteiger partial charge in [0.05, 0.1) is 29.6 Å². The molecule has 2 aromatic heterocycles. The van der Waals surface area contributed by atoms with Crippen molar-refractivity contribution in [2.75, 3.05) is 0 Å². The van der Waals surface area contributed by atoms with Gasteiger partial charge in [0, 0.05) is 30.5 Å². The molecule has 2 atom stereocenters. The van der Waals surface area contributed by atoms with E-state index in [1.165, 1.54) is 5.56 Å². The van der Waals surface area contributed by atoms with Crippen molar-refractivity contribution in [2.45, 2.75) is 44.7 Å². The number of hydrogen-bond acceptors (Lipinski definition) is 4. The zero-order chi connectivity index (χ0) is 21.4. The Kier molecular flexibility index (Phi) is 5.02. The fourth-order valence-electron chi connectivity index (χ4n) is 4.52. The molecule has 0 bridgehead atoms. The van der Waals surface area contributed by atoms with Gasteiger partial charge in [-0.2, -0.15) is 5.10 Å². The van der Waals surface area contributed by atoms with Crippen LogP contribution in [0.4, 0.5) is 0 Å². The molecule has 4 aromatic rings. The van der Waals surface area contributed by atoms with Crippen LogP contribution in [0.3, 0.4) is 0 Å². The van der Waals surface area contributed by atoms with Gasteiger partial charge in [0.25, 0.3) is 0 Å². The highest BCUT2D eigenvalue weighted by molar-refractivity contribution is 5.84. The van der Waals surface area contributed by atoms with Crippen molar-refractivity contribution in [1.82, 2.24) is 30.1 Å². The summed E-state index contributed by atoms with van der Waals surface area (Å²) in [5.41, 5.74) is 5.56. The molecule has 0 spiro atoms. The lowest BCUT2D eigenvalue weighted by atomic mass is 10.0. The van der Waals surface area contributed by atoms with Crippen LogP contribution in [0.2, 0.25) is 0 Å². The summed E-state index contributed by atoms with van der Waals surface area (Å²) in [6, 6.07) is 15.4. The number of nitrogens with one attached hydrogen (secondary N) is 1. The summed E-state index contributed by atoms with van der Waals surface area (Å²) >= 11 is 0. The van der Waals surface area contributed by atoms with Crippen molar-refractivity contribution in [1.29, 1.82) is 0 Å². The van der Waals surface area contributed by atoms with Crippen LogP contribution in [0, 0.1) is 0 Å². The van der Waals surface area contributed by atoms with Crippen LogP contribution in [0.15, 0.2) is 54.9 Å². The van der Waals surface area contributed by atoms with Crippen LogP contribution in [-0.2, 0) is 11.8 Å². The average Bonchev–Trinajstić information content (AvgIpc) is 3.54. The topological polar surface area (TPSA) is 77.6 Å². The summed E-state index contributed by atoms with van der Waals surface area (Å²) in [7, 11) is 1.96. The molecule has 1 aliphatic carbocycles. The minimum atomic E-state index is 0.115. The molecule has 158 valence electrons. The van der Waals surface area contributed by atoms with E-state index < -0.39 is 0 Å². The van der Waals surface area contributed by atoms with E-state index in [4.69, 9.17) is 0 Å². The quantitative estimate of drug-likeness (QED) is 0.533. The van der Waals surface area contributed by atoms with Crippen molar-refractivity contribution in [3.05, 3.63) is 54.9 Å². The molecule has 1 fully saturated rings. The van der Waals surface area contributed by atoms with Crippen LogP contribution in [0.5, 0.6) is 0 Å². The van der Waals surface area contributed by atoms with Gasteiger partial charge in [0.15, 0.2) is 0 Å². The van der Waals surface area contributed by atoms with Crippen molar-refractivity contribution < 1.29 is 4.79 Å². The third kappa shape index (κ3) is 3.71. The molecular weight excluding hydrogens is 388 g/mol. The normalized spacial score (nSPS) is 18.5. The Morgan fingerprint density at radius 1 is 1.06 bits per heavy atom. The molecule has 1 amide bonds. The van der Waals surface area contributed by atoms with Gasteiger partial charge in [0.1, 0.15) is 0 Å². The summed E-state index contributed by atoms with van der Waals surface area (Å²) in [5.74, 6) is 0.115. The standard InChI is InChI=1S/C24H26N6O/c1-3-24(31)27-20-10-11-21(13-20)30-23(15-25-28-30)17-6-4-16(5-7-17)18-8-9-19-14-26-29(2)22(19)12-18/h4-9,12,14-15,20-21H,3,10-11,13H2,1-2H3,(H,27,31)/t20?,21-/m1/s1. The van der Waals surface area contributed by atoms with Crippen LogP contribution in [0.1, 0.15) is 38.6 Å². The van der Waals surface area contributed by atoms with Gasteiger partial charge in [-0.15, -0.1) is 5.10 Å². The molecule has 1 unspecified atom stereocenters. The number of benzene rings is 2. The van der Waals surface area contributed by atoms with Gasteiger partial charge >= 0.3 is 0 Å². The molecule has 5 rings (SSSR count). The smallest absolute Gasteiger partial charge is 0.219 e. The Morgan fingerprint density at radius 2 is 1.84 bits per heavy atom. The summed E-state index contributed by atoms with van der Waals surface area (Å²) < 4.78 is 3.92. The van der Waals surface area contributed by atoms with Crippen LogP contribution >= 0.6 is 0 Å². The van der Waals surface area contributed by atoms with Crippen molar-refractivity contribution in [3.8, 4) is 22.4 Å². The third-order valence-electron chi connectivity index (χ3n) is 6.27. The fourth-order valence-corrected chi connectivity index (χ4v) is 4.52. The monoisotopic (exact) mass is 414 g/mol. The largest absolute Gasteiger partial charge is 0.353 e. The third-order valence-corrected chi connectivity index (χ3v) is 6.27. The van der Waals surface area contributed by atoms with Gasteiger partial charge in [-0.1, -0.05) is 48.5 Å². The Balaban J connectivity index is 1.37. The van der Waals surface area contributed by atoms with Crippen LogP contribution in [-0.4, -0.2) is 36.7 Å². The summed E-state index contributed by atoms with van der Waals surface area (Å²) in [6.45, 7) is 1.88. The van der Waals surface area contributed by atoms with Gasteiger partial charge < -0.3 is 5.32 Å². The molecule has 7 nitrogen and oxygen atoms in total. The van der Waals surface area contributed by atoms with E-state index >= 15 is 0 Å². The van der Waals surface area contributed by atoms with E-state index in [1.807, 2.05) is 35.7 Å². The molecule has 0 aliphatic heterocycles. The van der Waals surface area contributed by atoms with Crippen LogP contribution < -0.4 is 5.32 Å². The first-order valence-corrected chi connectivity index (χ1v) is 10.8. The van der Waals surface area contributed by atoms with E-state index in [9.17, 15) is 4.79 Å². The van der Waals surface area contributed by atoms with Crippen molar-refractivity contribution in [3.63, 3.8) is 0 Å². The number of carbonyl (C=O) groups excluding carboxylic acids is 1. The van der Waals surface area contributed by atoms with Crippen LogP contribution in [0.25, 0.3) is 33.3 Å². The van der Waals surface area contributed by atoms with Gasteiger partial charge in [-0.3, -0.25) is 9.48 Å². The zero-order valence-electron chi connectivity index (χ0n) is 17.8. The SMILES string of the molecule is CCC(=O)NC1CC[C@@H](n2nncc2-c2ccc(-c3ccc4cnn(C)c4c3)cc2)C1. The lowest BCUT2D eigenvalue weighted by Crippen LogP contribution is -2.32. The molecule has 7 heteroatoms. The lowest BCUT2D eigenvalue weighted by Gasteiger charge is -2.15. The van der Waals surface area contributed by atoms with E-state index in [0.29, 0.717) is 6.42 Å². The Labute approximate surface area is 181 Å². The highest BCUT2D eigenvalue weighted by Crippen LogP contribution is 2.34. The van der Waals surface area contributed by atoms with E-state index in [2.05, 4.69) is 63.2 Å². The zero-order valence-corrected chi connectivity index (χ0v) is 17.8. The maximum Gasteiger partial charge on any atom is 0.219 e. The molecule has 1 aliphatic rings. The molecule has 1 N–H and O–H groups in total. The summed E-state index contributed by atoms with van der Waals surface area (Å²) in [4.78, 5) is 11.7.